The molecule has 118 valence electrons. The van der Waals surface area contributed by atoms with Gasteiger partial charge < -0.3 is 19.5 Å². The Bertz CT molecular complexity index is 442. The average molecular weight is 296 g/mol. The quantitative estimate of drug-likeness (QED) is 0.831. The van der Waals surface area contributed by atoms with Crippen LogP contribution in [0.15, 0.2) is 10.9 Å². The minimum absolute atomic E-state index is 0.199. The van der Waals surface area contributed by atoms with Crippen molar-refractivity contribution >= 4 is 6.09 Å². The van der Waals surface area contributed by atoms with Crippen molar-refractivity contribution in [2.24, 2.45) is 0 Å². The molecule has 0 spiro atoms. The molecule has 1 aromatic rings. The number of carbonyl (C=O) groups excluding carboxylic acids is 1. The van der Waals surface area contributed by atoms with Gasteiger partial charge in [-0.3, -0.25) is 0 Å². The summed E-state index contributed by atoms with van der Waals surface area (Å²) in [7, 11) is 0. The van der Waals surface area contributed by atoms with Crippen molar-refractivity contribution in [1.29, 1.82) is 0 Å². The molecule has 1 amide bonds. The lowest BCUT2D eigenvalue weighted by Crippen LogP contribution is -2.44. The first kappa shape index (κ1) is 15.8. The Morgan fingerprint density at radius 3 is 3.05 bits per heavy atom. The van der Waals surface area contributed by atoms with Crippen molar-refractivity contribution in [1.82, 2.24) is 20.4 Å². The molecule has 0 radical (unpaired) electrons. The van der Waals surface area contributed by atoms with Crippen LogP contribution in [0.3, 0.4) is 0 Å². The fraction of sp³-hybridized carbons (Fsp3) is 0.786. The third kappa shape index (κ3) is 5.00. The van der Waals surface area contributed by atoms with Crippen LogP contribution in [0.25, 0.3) is 0 Å². The minimum Gasteiger partial charge on any atom is -0.444 e. The molecule has 0 aliphatic carbocycles. The SMILES string of the molecule is CC(C)(C)OC(=O)N1CCCC1CNCCc1ncon1. The molecule has 0 bridgehead atoms. The van der Waals surface area contributed by atoms with Crippen LogP contribution in [0.4, 0.5) is 4.79 Å². The Morgan fingerprint density at radius 2 is 2.38 bits per heavy atom. The van der Waals surface area contributed by atoms with E-state index in [-0.39, 0.29) is 12.1 Å². The molecule has 1 saturated heterocycles. The van der Waals surface area contributed by atoms with Crippen molar-refractivity contribution < 1.29 is 14.1 Å². The highest BCUT2D eigenvalue weighted by atomic mass is 16.6. The first-order valence-electron chi connectivity index (χ1n) is 7.41. The van der Waals surface area contributed by atoms with Gasteiger partial charge in [-0.2, -0.15) is 4.98 Å². The molecule has 1 atom stereocenters. The molecular formula is C14H24N4O3. The summed E-state index contributed by atoms with van der Waals surface area (Å²) in [6.07, 6.45) is 3.86. The molecule has 7 heteroatoms. The highest BCUT2D eigenvalue weighted by molar-refractivity contribution is 5.69. The lowest BCUT2D eigenvalue weighted by molar-refractivity contribution is 0.0227. The summed E-state index contributed by atoms with van der Waals surface area (Å²) < 4.78 is 10.1. The zero-order valence-electron chi connectivity index (χ0n) is 13.0. The molecule has 21 heavy (non-hydrogen) atoms. The predicted octanol–water partition coefficient (Wildman–Crippen LogP) is 1.60. The van der Waals surface area contributed by atoms with Gasteiger partial charge in [0.15, 0.2) is 5.82 Å². The lowest BCUT2D eigenvalue weighted by Gasteiger charge is -2.28. The second-order valence-corrected chi connectivity index (χ2v) is 6.27. The zero-order valence-corrected chi connectivity index (χ0v) is 13.0. The van der Waals surface area contributed by atoms with Gasteiger partial charge >= 0.3 is 6.09 Å². The molecule has 7 nitrogen and oxygen atoms in total. The summed E-state index contributed by atoms with van der Waals surface area (Å²) in [6.45, 7) is 7.96. The van der Waals surface area contributed by atoms with Gasteiger partial charge in [-0.1, -0.05) is 5.16 Å². The second kappa shape index (κ2) is 6.89. The molecule has 1 fully saturated rings. The van der Waals surface area contributed by atoms with Crippen molar-refractivity contribution in [3.05, 3.63) is 12.2 Å². The second-order valence-electron chi connectivity index (χ2n) is 6.27. The Kier molecular flexibility index (Phi) is 5.17. The number of aromatic nitrogens is 2. The van der Waals surface area contributed by atoms with Gasteiger partial charge in [0.05, 0.1) is 0 Å². The van der Waals surface area contributed by atoms with Crippen LogP contribution in [0, 0.1) is 0 Å². The van der Waals surface area contributed by atoms with Crippen LogP contribution >= 0.6 is 0 Å². The van der Waals surface area contributed by atoms with E-state index in [0.29, 0.717) is 5.82 Å². The van der Waals surface area contributed by atoms with Crippen LogP contribution in [0.1, 0.15) is 39.4 Å². The maximum atomic E-state index is 12.1. The van der Waals surface area contributed by atoms with E-state index in [1.807, 2.05) is 25.7 Å². The number of amides is 1. The van der Waals surface area contributed by atoms with E-state index in [1.165, 1.54) is 6.39 Å². The standard InChI is InChI=1S/C14H24N4O3/c1-14(2,3)21-13(19)18-8-4-5-11(18)9-15-7-6-12-16-10-20-17-12/h10-11,15H,4-9H2,1-3H3. The Hall–Kier alpha value is -1.63. The predicted molar refractivity (Wildman–Crippen MR) is 76.8 cm³/mol. The third-order valence-corrected chi connectivity index (χ3v) is 3.32. The van der Waals surface area contributed by atoms with E-state index in [1.54, 1.807) is 0 Å². The van der Waals surface area contributed by atoms with Gasteiger partial charge in [0.1, 0.15) is 5.60 Å². The van der Waals surface area contributed by atoms with Gasteiger partial charge in [-0.15, -0.1) is 0 Å². The Balaban J connectivity index is 1.72. The third-order valence-electron chi connectivity index (χ3n) is 3.32. The number of rotatable bonds is 5. The summed E-state index contributed by atoms with van der Waals surface area (Å²) >= 11 is 0. The molecule has 2 rings (SSSR count). The monoisotopic (exact) mass is 296 g/mol. The van der Waals surface area contributed by atoms with E-state index in [0.717, 1.165) is 38.9 Å². The molecular weight excluding hydrogens is 272 g/mol. The van der Waals surface area contributed by atoms with Crippen LogP contribution in [-0.2, 0) is 11.2 Å². The maximum absolute atomic E-state index is 12.1. The molecule has 2 heterocycles. The van der Waals surface area contributed by atoms with Crippen LogP contribution in [0.5, 0.6) is 0 Å². The van der Waals surface area contributed by atoms with E-state index in [4.69, 9.17) is 4.74 Å². The van der Waals surface area contributed by atoms with Crippen LogP contribution in [-0.4, -0.2) is 52.4 Å². The Labute approximate surface area is 125 Å². The van der Waals surface area contributed by atoms with Gasteiger partial charge in [-0.05, 0) is 33.6 Å². The van der Waals surface area contributed by atoms with E-state index >= 15 is 0 Å². The number of nitrogens with one attached hydrogen (secondary N) is 1. The molecule has 0 saturated carbocycles. The van der Waals surface area contributed by atoms with Gasteiger partial charge in [0, 0.05) is 32.1 Å². The molecule has 1 N–H and O–H groups in total. The minimum atomic E-state index is -0.448. The molecule has 1 aromatic heterocycles. The van der Waals surface area contributed by atoms with Crippen LogP contribution in [0.2, 0.25) is 0 Å². The fourth-order valence-electron chi connectivity index (χ4n) is 2.38. The fourth-order valence-corrected chi connectivity index (χ4v) is 2.38. The summed E-state index contributed by atoms with van der Waals surface area (Å²) in [5.41, 5.74) is -0.448. The van der Waals surface area contributed by atoms with Gasteiger partial charge in [-0.25, -0.2) is 4.79 Å². The number of hydrogen-bond donors (Lipinski definition) is 1. The van der Waals surface area contributed by atoms with Gasteiger partial charge in [0.25, 0.3) is 0 Å². The van der Waals surface area contributed by atoms with Crippen molar-refractivity contribution in [2.45, 2.75) is 51.7 Å². The zero-order chi connectivity index (χ0) is 15.3. The Morgan fingerprint density at radius 1 is 1.57 bits per heavy atom. The summed E-state index contributed by atoms with van der Waals surface area (Å²) in [5.74, 6) is 0.693. The van der Waals surface area contributed by atoms with Crippen molar-refractivity contribution in [3.8, 4) is 0 Å². The number of carbonyl (C=O) groups is 1. The normalized spacial score (nSPS) is 19.0. The van der Waals surface area contributed by atoms with E-state index in [9.17, 15) is 4.79 Å². The first-order valence-corrected chi connectivity index (χ1v) is 7.41. The van der Waals surface area contributed by atoms with Crippen molar-refractivity contribution in [3.63, 3.8) is 0 Å². The summed E-state index contributed by atoms with van der Waals surface area (Å²) in [5, 5.41) is 7.10. The molecule has 1 aliphatic heterocycles. The number of nitrogens with zero attached hydrogens (tertiary/aromatic N) is 3. The van der Waals surface area contributed by atoms with E-state index in [2.05, 4.69) is 20.0 Å². The first-order chi connectivity index (χ1) is 9.96. The maximum Gasteiger partial charge on any atom is 0.410 e. The molecule has 1 unspecified atom stereocenters. The molecule has 1 aliphatic rings. The van der Waals surface area contributed by atoms with Gasteiger partial charge in [0.2, 0.25) is 6.39 Å². The van der Waals surface area contributed by atoms with E-state index < -0.39 is 5.60 Å². The highest BCUT2D eigenvalue weighted by Crippen LogP contribution is 2.20. The number of likely N-dealkylation sites (tertiary alicyclic amines) is 1. The average Bonchev–Trinajstić information content (AvgIpc) is 3.04. The lowest BCUT2D eigenvalue weighted by atomic mass is 10.2. The topological polar surface area (TPSA) is 80.5 Å². The van der Waals surface area contributed by atoms with Crippen LogP contribution < -0.4 is 5.32 Å². The largest absolute Gasteiger partial charge is 0.444 e. The van der Waals surface area contributed by atoms with Crippen molar-refractivity contribution in [2.75, 3.05) is 19.6 Å². The smallest absolute Gasteiger partial charge is 0.410 e. The molecule has 0 aromatic carbocycles. The summed E-state index contributed by atoms with van der Waals surface area (Å²) in [4.78, 5) is 17.9. The number of ether oxygens (including phenoxy) is 1. The number of hydrogen-bond acceptors (Lipinski definition) is 6. The highest BCUT2D eigenvalue weighted by Gasteiger charge is 2.31. The summed E-state index contributed by atoms with van der Waals surface area (Å²) in [6, 6.07) is 0.199.